The number of nitro benzene ring substituents is 1. The number of ether oxygens (including phenoxy) is 1. The highest BCUT2D eigenvalue weighted by molar-refractivity contribution is 5.45. The van der Waals surface area contributed by atoms with Crippen LogP contribution in [-0.4, -0.2) is 24.1 Å². The van der Waals surface area contributed by atoms with E-state index in [0.717, 1.165) is 37.9 Å². The summed E-state index contributed by atoms with van der Waals surface area (Å²) in [4.78, 5) is 10.6. The Labute approximate surface area is 105 Å². The van der Waals surface area contributed by atoms with E-state index >= 15 is 0 Å². The molecule has 0 spiro atoms. The van der Waals surface area contributed by atoms with Crippen molar-refractivity contribution in [2.45, 2.75) is 31.3 Å². The van der Waals surface area contributed by atoms with Gasteiger partial charge in [0.1, 0.15) is 11.9 Å². The molecule has 5 nitrogen and oxygen atoms in total. The van der Waals surface area contributed by atoms with Gasteiger partial charge in [-0.05, 0) is 43.4 Å². The SMILES string of the molecule is O=[N+]([O-])c1cc(OC2CCNC2)cc(C2CC2)c1. The van der Waals surface area contributed by atoms with Crippen LogP contribution in [0.2, 0.25) is 0 Å². The average molecular weight is 248 g/mol. The van der Waals surface area contributed by atoms with Gasteiger partial charge in [-0.25, -0.2) is 0 Å². The van der Waals surface area contributed by atoms with Gasteiger partial charge in [0.05, 0.1) is 11.0 Å². The third-order valence-electron chi connectivity index (χ3n) is 3.49. The molecule has 1 heterocycles. The van der Waals surface area contributed by atoms with Gasteiger partial charge in [0.2, 0.25) is 0 Å². The summed E-state index contributed by atoms with van der Waals surface area (Å²) < 4.78 is 5.82. The lowest BCUT2D eigenvalue weighted by atomic mass is 10.1. The summed E-state index contributed by atoms with van der Waals surface area (Å²) in [5, 5.41) is 14.1. The summed E-state index contributed by atoms with van der Waals surface area (Å²) in [6, 6.07) is 5.17. The van der Waals surface area contributed by atoms with Crippen molar-refractivity contribution in [2.24, 2.45) is 0 Å². The van der Waals surface area contributed by atoms with Crippen LogP contribution in [0.15, 0.2) is 18.2 Å². The molecule has 96 valence electrons. The molecule has 1 aromatic carbocycles. The molecule has 2 fully saturated rings. The number of nitro groups is 1. The zero-order valence-electron chi connectivity index (χ0n) is 10.1. The Kier molecular flexibility index (Phi) is 2.91. The van der Waals surface area contributed by atoms with E-state index in [2.05, 4.69) is 5.32 Å². The second kappa shape index (κ2) is 4.57. The molecule has 1 aromatic rings. The molecule has 18 heavy (non-hydrogen) atoms. The molecule has 1 saturated carbocycles. The Morgan fingerprint density at radius 2 is 2.11 bits per heavy atom. The number of non-ortho nitro benzene ring substituents is 1. The lowest BCUT2D eigenvalue weighted by Gasteiger charge is -2.13. The molecule has 1 aliphatic heterocycles. The molecular formula is C13H16N2O3. The number of hydrogen-bond acceptors (Lipinski definition) is 4. The van der Waals surface area contributed by atoms with Crippen LogP contribution in [0.25, 0.3) is 0 Å². The molecular weight excluding hydrogens is 232 g/mol. The van der Waals surface area contributed by atoms with Crippen molar-refractivity contribution in [3.8, 4) is 5.75 Å². The van der Waals surface area contributed by atoms with Crippen LogP contribution >= 0.6 is 0 Å². The van der Waals surface area contributed by atoms with Crippen molar-refractivity contribution in [3.63, 3.8) is 0 Å². The lowest BCUT2D eigenvalue weighted by molar-refractivity contribution is -0.385. The Balaban J connectivity index is 1.84. The van der Waals surface area contributed by atoms with E-state index in [9.17, 15) is 10.1 Å². The first-order valence-electron chi connectivity index (χ1n) is 6.39. The maximum atomic E-state index is 10.9. The Morgan fingerprint density at radius 1 is 1.28 bits per heavy atom. The maximum Gasteiger partial charge on any atom is 0.273 e. The molecule has 0 aromatic heterocycles. The van der Waals surface area contributed by atoms with E-state index in [0.29, 0.717) is 11.7 Å². The smallest absolute Gasteiger partial charge is 0.273 e. The van der Waals surface area contributed by atoms with E-state index in [4.69, 9.17) is 4.74 Å². The fourth-order valence-corrected chi connectivity index (χ4v) is 2.35. The topological polar surface area (TPSA) is 64.4 Å². The van der Waals surface area contributed by atoms with Gasteiger partial charge in [-0.2, -0.15) is 0 Å². The minimum atomic E-state index is -0.342. The highest BCUT2D eigenvalue weighted by atomic mass is 16.6. The van der Waals surface area contributed by atoms with E-state index in [-0.39, 0.29) is 16.7 Å². The quantitative estimate of drug-likeness (QED) is 0.655. The summed E-state index contributed by atoms with van der Waals surface area (Å²) >= 11 is 0. The van der Waals surface area contributed by atoms with E-state index in [1.807, 2.05) is 6.07 Å². The third-order valence-corrected chi connectivity index (χ3v) is 3.49. The van der Waals surface area contributed by atoms with Crippen molar-refractivity contribution in [3.05, 3.63) is 33.9 Å². The van der Waals surface area contributed by atoms with Crippen molar-refractivity contribution in [1.29, 1.82) is 0 Å². The van der Waals surface area contributed by atoms with Gasteiger partial charge < -0.3 is 10.1 Å². The normalized spacial score (nSPS) is 23.0. The Morgan fingerprint density at radius 3 is 2.72 bits per heavy atom. The molecule has 2 aliphatic rings. The van der Waals surface area contributed by atoms with Gasteiger partial charge >= 0.3 is 0 Å². The van der Waals surface area contributed by atoms with Crippen LogP contribution in [0.5, 0.6) is 5.75 Å². The largest absolute Gasteiger partial charge is 0.489 e. The van der Waals surface area contributed by atoms with Crippen LogP contribution in [0.3, 0.4) is 0 Å². The molecule has 1 N–H and O–H groups in total. The Hall–Kier alpha value is -1.62. The monoisotopic (exact) mass is 248 g/mol. The van der Waals surface area contributed by atoms with Gasteiger partial charge in [0.15, 0.2) is 0 Å². The highest BCUT2D eigenvalue weighted by Crippen LogP contribution is 2.42. The molecule has 1 saturated heterocycles. The summed E-state index contributed by atoms with van der Waals surface area (Å²) in [6.07, 6.45) is 3.36. The zero-order valence-corrected chi connectivity index (χ0v) is 10.1. The predicted octanol–water partition coefficient (Wildman–Crippen LogP) is 2.21. The van der Waals surface area contributed by atoms with Crippen LogP contribution < -0.4 is 10.1 Å². The van der Waals surface area contributed by atoms with Crippen LogP contribution in [-0.2, 0) is 0 Å². The number of hydrogen-bond donors (Lipinski definition) is 1. The molecule has 3 rings (SSSR count). The van der Waals surface area contributed by atoms with Crippen molar-refractivity contribution in [2.75, 3.05) is 13.1 Å². The average Bonchev–Trinajstić information content (AvgIpc) is 3.09. The molecule has 5 heteroatoms. The first-order valence-corrected chi connectivity index (χ1v) is 6.39. The first-order chi connectivity index (χ1) is 8.72. The van der Waals surface area contributed by atoms with Gasteiger partial charge in [-0.15, -0.1) is 0 Å². The van der Waals surface area contributed by atoms with Crippen molar-refractivity contribution < 1.29 is 9.66 Å². The number of benzene rings is 1. The molecule has 0 radical (unpaired) electrons. The van der Waals surface area contributed by atoms with Crippen LogP contribution in [0.4, 0.5) is 5.69 Å². The van der Waals surface area contributed by atoms with E-state index in [1.54, 1.807) is 6.07 Å². The Bertz CT molecular complexity index is 465. The summed E-state index contributed by atoms with van der Waals surface area (Å²) in [6.45, 7) is 1.77. The summed E-state index contributed by atoms with van der Waals surface area (Å²) in [7, 11) is 0. The van der Waals surface area contributed by atoms with E-state index in [1.165, 1.54) is 6.07 Å². The lowest BCUT2D eigenvalue weighted by Crippen LogP contribution is -2.19. The summed E-state index contributed by atoms with van der Waals surface area (Å²) in [5.41, 5.74) is 1.19. The molecule has 0 bridgehead atoms. The maximum absolute atomic E-state index is 10.9. The molecule has 1 aliphatic carbocycles. The first kappa shape index (κ1) is 11.5. The predicted molar refractivity (Wildman–Crippen MR) is 67.0 cm³/mol. The second-order valence-corrected chi connectivity index (χ2v) is 5.02. The number of nitrogens with one attached hydrogen (secondary N) is 1. The summed E-state index contributed by atoms with van der Waals surface area (Å²) in [5.74, 6) is 1.13. The standard InChI is InChI=1S/C13H16N2O3/c16-15(17)11-5-10(9-1-2-9)6-13(7-11)18-12-3-4-14-8-12/h5-7,9,12,14H,1-4,8H2. The van der Waals surface area contributed by atoms with Gasteiger partial charge in [-0.3, -0.25) is 10.1 Å². The fourth-order valence-electron chi connectivity index (χ4n) is 2.35. The second-order valence-electron chi connectivity index (χ2n) is 5.02. The highest BCUT2D eigenvalue weighted by Gasteiger charge is 2.27. The fraction of sp³-hybridized carbons (Fsp3) is 0.538. The van der Waals surface area contributed by atoms with Crippen LogP contribution in [0.1, 0.15) is 30.7 Å². The molecule has 0 amide bonds. The van der Waals surface area contributed by atoms with Gasteiger partial charge in [0.25, 0.3) is 5.69 Å². The van der Waals surface area contributed by atoms with Gasteiger partial charge in [0, 0.05) is 12.6 Å². The van der Waals surface area contributed by atoms with Gasteiger partial charge in [-0.1, -0.05) is 0 Å². The minimum Gasteiger partial charge on any atom is -0.489 e. The number of nitrogens with zero attached hydrogens (tertiary/aromatic N) is 1. The van der Waals surface area contributed by atoms with Crippen molar-refractivity contribution >= 4 is 5.69 Å². The van der Waals surface area contributed by atoms with E-state index < -0.39 is 0 Å². The third kappa shape index (κ3) is 2.46. The van der Waals surface area contributed by atoms with Crippen LogP contribution in [0, 0.1) is 10.1 Å². The number of rotatable bonds is 4. The van der Waals surface area contributed by atoms with Crippen molar-refractivity contribution in [1.82, 2.24) is 5.32 Å². The zero-order chi connectivity index (χ0) is 12.5. The molecule has 1 atom stereocenters. The minimum absolute atomic E-state index is 0.138. The molecule has 1 unspecified atom stereocenters.